The Morgan fingerprint density at radius 2 is 1.79 bits per heavy atom. The molecule has 1 aromatic carbocycles. The molecule has 4 aliphatic carbocycles. The van der Waals surface area contributed by atoms with Gasteiger partial charge >= 0.3 is 0 Å². The number of benzene rings is 1. The van der Waals surface area contributed by atoms with Crippen molar-refractivity contribution in [2.75, 3.05) is 5.75 Å². The quantitative estimate of drug-likeness (QED) is 0.583. The molecule has 2 heterocycles. The molecule has 0 aliphatic heterocycles. The average Bonchev–Trinajstić information content (AvgIpc) is 3.08. The fraction of sp³-hybridized carbons (Fsp3) is 0.522. The maximum absolute atomic E-state index is 13.4. The molecule has 0 unspecified atom stereocenters. The summed E-state index contributed by atoms with van der Waals surface area (Å²) in [5, 5.41) is 10.9. The zero-order valence-corrected chi connectivity index (χ0v) is 17.0. The Labute approximate surface area is 169 Å². The Bertz CT molecular complexity index is 1070. The van der Waals surface area contributed by atoms with Crippen LogP contribution in [0.5, 0.6) is 0 Å². The van der Waals surface area contributed by atoms with Gasteiger partial charge in [-0.15, -0.1) is 10.2 Å². The van der Waals surface area contributed by atoms with Gasteiger partial charge in [-0.05, 0) is 80.9 Å². The molecular formula is C23H25N3OS. The number of carbonyl (C=O) groups is 1. The van der Waals surface area contributed by atoms with Gasteiger partial charge in [0.25, 0.3) is 0 Å². The molecule has 0 atom stereocenters. The standard InChI is InChI=1S/C23H25N3OS/c1-14-6-21-24-25-22(26(21)19-5-3-2-4-18(14)19)28-13-20(27)23-10-15-7-16(11-23)9-17(8-15)12-23/h2-6,15-17H,7-13H2,1H3. The van der Waals surface area contributed by atoms with E-state index in [1.807, 2.05) is 0 Å². The highest BCUT2D eigenvalue weighted by molar-refractivity contribution is 7.99. The first-order valence-corrected chi connectivity index (χ1v) is 11.5. The van der Waals surface area contributed by atoms with E-state index >= 15 is 0 Å². The van der Waals surface area contributed by atoms with Crippen molar-refractivity contribution in [3.05, 3.63) is 35.9 Å². The third-order valence-electron chi connectivity index (χ3n) is 7.54. The van der Waals surface area contributed by atoms with E-state index < -0.39 is 0 Å². The van der Waals surface area contributed by atoms with Crippen molar-refractivity contribution in [3.63, 3.8) is 0 Å². The molecule has 5 heteroatoms. The lowest BCUT2D eigenvalue weighted by Gasteiger charge is -2.56. The maximum Gasteiger partial charge on any atom is 0.196 e. The van der Waals surface area contributed by atoms with Crippen LogP contribution in [0.4, 0.5) is 0 Å². The van der Waals surface area contributed by atoms with E-state index in [1.165, 1.54) is 30.2 Å². The monoisotopic (exact) mass is 391 g/mol. The van der Waals surface area contributed by atoms with Gasteiger partial charge < -0.3 is 0 Å². The van der Waals surface area contributed by atoms with Gasteiger partial charge in [0, 0.05) is 10.8 Å². The van der Waals surface area contributed by atoms with Crippen LogP contribution in [0, 0.1) is 30.1 Å². The molecule has 0 amide bonds. The maximum atomic E-state index is 13.4. The van der Waals surface area contributed by atoms with E-state index in [4.69, 9.17) is 0 Å². The van der Waals surface area contributed by atoms with Crippen LogP contribution in [0.2, 0.25) is 0 Å². The van der Waals surface area contributed by atoms with Crippen LogP contribution in [0.15, 0.2) is 35.5 Å². The smallest absolute Gasteiger partial charge is 0.196 e. The van der Waals surface area contributed by atoms with Gasteiger partial charge in [0.05, 0.1) is 11.3 Å². The van der Waals surface area contributed by atoms with Crippen LogP contribution in [0.3, 0.4) is 0 Å². The van der Waals surface area contributed by atoms with Crippen molar-refractivity contribution in [1.29, 1.82) is 0 Å². The van der Waals surface area contributed by atoms with Crippen LogP contribution >= 0.6 is 11.8 Å². The number of hydrogen-bond acceptors (Lipinski definition) is 4. The van der Waals surface area contributed by atoms with Crippen molar-refractivity contribution in [2.45, 2.75) is 50.6 Å². The molecule has 4 nitrogen and oxygen atoms in total. The van der Waals surface area contributed by atoms with Gasteiger partial charge in [-0.1, -0.05) is 30.0 Å². The molecule has 28 heavy (non-hydrogen) atoms. The third-order valence-corrected chi connectivity index (χ3v) is 8.46. The summed E-state index contributed by atoms with van der Waals surface area (Å²) in [6.45, 7) is 2.11. The molecule has 3 aromatic rings. The highest BCUT2D eigenvalue weighted by Gasteiger charge is 2.54. The number of thioether (sulfide) groups is 1. The number of carbonyl (C=O) groups excluding carboxylic acids is 1. The number of ketones is 1. The van der Waals surface area contributed by atoms with Crippen LogP contribution in [-0.4, -0.2) is 26.1 Å². The number of para-hydroxylation sites is 1. The van der Waals surface area contributed by atoms with E-state index in [0.29, 0.717) is 11.5 Å². The number of rotatable bonds is 4. The van der Waals surface area contributed by atoms with Crippen LogP contribution in [-0.2, 0) is 4.79 Å². The summed E-state index contributed by atoms with van der Waals surface area (Å²) in [7, 11) is 0. The van der Waals surface area contributed by atoms with Crippen molar-refractivity contribution in [2.24, 2.45) is 23.2 Å². The third kappa shape index (κ3) is 2.48. The van der Waals surface area contributed by atoms with E-state index in [1.54, 1.807) is 11.8 Å². The molecule has 4 fully saturated rings. The summed E-state index contributed by atoms with van der Waals surface area (Å²) in [6.07, 6.45) is 7.54. The van der Waals surface area contributed by atoms with Crippen LogP contribution in [0.25, 0.3) is 16.6 Å². The highest BCUT2D eigenvalue weighted by Crippen LogP contribution is 2.60. The number of aromatic nitrogens is 3. The lowest BCUT2D eigenvalue weighted by Crippen LogP contribution is -2.50. The van der Waals surface area contributed by atoms with E-state index in [0.717, 1.165) is 53.3 Å². The molecule has 7 rings (SSSR count). The Morgan fingerprint density at radius 1 is 1.11 bits per heavy atom. The van der Waals surface area contributed by atoms with E-state index in [-0.39, 0.29) is 5.41 Å². The summed E-state index contributed by atoms with van der Waals surface area (Å²) in [4.78, 5) is 13.4. The van der Waals surface area contributed by atoms with Gasteiger partial charge in [0.2, 0.25) is 0 Å². The topological polar surface area (TPSA) is 47.3 Å². The first-order chi connectivity index (χ1) is 13.6. The van der Waals surface area contributed by atoms with Gasteiger partial charge in [-0.25, -0.2) is 0 Å². The molecule has 2 aromatic heterocycles. The fourth-order valence-electron chi connectivity index (χ4n) is 6.70. The zero-order valence-electron chi connectivity index (χ0n) is 16.2. The second kappa shape index (κ2) is 6.06. The summed E-state index contributed by atoms with van der Waals surface area (Å²) in [5.74, 6) is 3.41. The largest absolute Gasteiger partial charge is 0.298 e. The van der Waals surface area contributed by atoms with Gasteiger partial charge in [-0.3, -0.25) is 9.20 Å². The predicted molar refractivity (Wildman–Crippen MR) is 112 cm³/mol. The molecule has 0 radical (unpaired) electrons. The van der Waals surface area contributed by atoms with Gasteiger partial charge in [0.1, 0.15) is 5.78 Å². The molecule has 4 saturated carbocycles. The highest BCUT2D eigenvalue weighted by atomic mass is 32.2. The van der Waals surface area contributed by atoms with Crippen molar-refractivity contribution in [1.82, 2.24) is 14.6 Å². The lowest BCUT2D eigenvalue weighted by molar-refractivity contribution is -0.141. The fourth-order valence-corrected chi connectivity index (χ4v) is 7.69. The average molecular weight is 392 g/mol. The molecule has 0 N–H and O–H groups in total. The molecule has 4 aliphatic rings. The second-order valence-corrected chi connectivity index (χ2v) is 10.4. The Morgan fingerprint density at radius 3 is 2.50 bits per heavy atom. The van der Waals surface area contributed by atoms with Crippen LogP contribution < -0.4 is 0 Å². The Hall–Kier alpha value is -1.88. The number of nitrogens with zero attached hydrogens (tertiary/aromatic N) is 3. The zero-order chi connectivity index (χ0) is 18.9. The number of Topliss-reactive ketones (excluding diaryl/α,β-unsaturated/α-hetero) is 1. The number of fused-ring (bicyclic) bond motifs is 3. The van der Waals surface area contributed by atoms with Crippen molar-refractivity contribution < 1.29 is 4.79 Å². The van der Waals surface area contributed by atoms with Crippen molar-refractivity contribution >= 4 is 34.1 Å². The first-order valence-electron chi connectivity index (χ1n) is 10.5. The Balaban J connectivity index is 1.30. The number of hydrogen-bond donors (Lipinski definition) is 0. The normalized spacial score (nSPS) is 31.1. The SMILES string of the molecule is Cc1cc2nnc(SCC(=O)C34CC5CC(CC(C5)C3)C4)n2c2ccccc12. The number of aryl methyl sites for hydroxylation is 1. The van der Waals surface area contributed by atoms with Crippen molar-refractivity contribution in [3.8, 4) is 0 Å². The molecule has 4 bridgehead atoms. The molecule has 0 saturated heterocycles. The minimum Gasteiger partial charge on any atom is -0.298 e. The molecule has 0 spiro atoms. The summed E-state index contributed by atoms with van der Waals surface area (Å²) >= 11 is 1.57. The van der Waals surface area contributed by atoms with Gasteiger partial charge in [-0.2, -0.15) is 0 Å². The first kappa shape index (κ1) is 17.0. The van der Waals surface area contributed by atoms with E-state index in [2.05, 4.69) is 51.9 Å². The van der Waals surface area contributed by atoms with Gasteiger partial charge in [0.15, 0.2) is 10.8 Å². The summed E-state index contributed by atoms with van der Waals surface area (Å²) < 4.78 is 2.11. The summed E-state index contributed by atoms with van der Waals surface area (Å²) in [6, 6.07) is 10.5. The molecule has 144 valence electrons. The lowest BCUT2D eigenvalue weighted by atomic mass is 9.48. The predicted octanol–water partition coefficient (Wildman–Crippen LogP) is 5.07. The second-order valence-electron chi connectivity index (χ2n) is 9.43. The Kier molecular flexibility index (Phi) is 3.68. The molecular weight excluding hydrogens is 366 g/mol. The minimum absolute atomic E-state index is 0.0269. The van der Waals surface area contributed by atoms with E-state index in [9.17, 15) is 4.79 Å². The number of pyridine rings is 1. The van der Waals surface area contributed by atoms with Crippen LogP contribution in [0.1, 0.15) is 44.1 Å². The summed E-state index contributed by atoms with van der Waals surface area (Å²) in [5.41, 5.74) is 3.16. The minimum atomic E-state index is -0.0269.